The number of aryl methyl sites for hydroxylation is 1. The van der Waals surface area contributed by atoms with Crippen molar-refractivity contribution in [3.05, 3.63) is 39.9 Å². The molecule has 3 heterocycles. The Kier molecular flexibility index (Phi) is 3.85. The highest BCUT2D eigenvalue weighted by Gasteiger charge is 2.20. The van der Waals surface area contributed by atoms with E-state index in [1.54, 1.807) is 20.0 Å². The summed E-state index contributed by atoms with van der Waals surface area (Å²) in [6.07, 6.45) is 3.19. The van der Waals surface area contributed by atoms with Gasteiger partial charge in [0.2, 0.25) is 5.28 Å². The fraction of sp³-hybridized carbons (Fsp3) is 0.267. The first-order valence-electron chi connectivity index (χ1n) is 6.58. The van der Waals surface area contributed by atoms with E-state index in [4.69, 9.17) is 23.2 Å². The summed E-state index contributed by atoms with van der Waals surface area (Å²) in [5.74, 6) is 0. The number of pyridine rings is 1. The van der Waals surface area contributed by atoms with E-state index in [2.05, 4.69) is 15.0 Å². The van der Waals surface area contributed by atoms with Crippen molar-refractivity contribution in [2.75, 3.05) is 0 Å². The molecule has 0 saturated carbocycles. The van der Waals surface area contributed by atoms with Crippen molar-refractivity contribution in [2.24, 2.45) is 0 Å². The molecule has 0 radical (unpaired) electrons. The van der Waals surface area contributed by atoms with E-state index in [0.29, 0.717) is 10.7 Å². The predicted molar refractivity (Wildman–Crippen MR) is 90.6 cm³/mol. The molecule has 0 saturated heterocycles. The molecule has 0 unspecified atom stereocenters. The molecule has 0 aliphatic rings. The molecule has 3 aromatic rings. The Balaban J connectivity index is 2.24. The largest absolute Gasteiger partial charge is 0.386 e. The van der Waals surface area contributed by atoms with Crippen molar-refractivity contribution in [1.29, 1.82) is 0 Å². The maximum atomic E-state index is 10.1. The van der Waals surface area contributed by atoms with Gasteiger partial charge in [0.15, 0.2) is 0 Å². The van der Waals surface area contributed by atoms with Gasteiger partial charge in [-0.05, 0) is 44.0 Å². The first kappa shape index (κ1) is 15.6. The average molecular weight is 354 g/mol. The Labute approximate surface area is 141 Å². The quantitative estimate of drug-likeness (QED) is 0.684. The minimum Gasteiger partial charge on any atom is -0.386 e. The van der Waals surface area contributed by atoms with Crippen molar-refractivity contribution < 1.29 is 5.11 Å². The minimum absolute atomic E-state index is 0.154. The van der Waals surface area contributed by atoms with Crippen LogP contribution in [-0.2, 0) is 5.60 Å². The number of hydrogen-bond acceptors (Lipinski definition) is 5. The van der Waals surface area contributed by atoms with Gasteiger partial charge in [0.1, 0.15) is 5.69 Å². The van der Waals surface area contributed by atoms with Gasteiger partial charge in [-0.3, -0.25) is 4.98 Å². The van der Waals surface area contributed by atoms with E-state index in [1.807, 2.05) is 13.0 Å². The number of aliphatic hydroxyl groups is 1. The zero-order chi connectivity index (χ0) is 16.1. The van der Waals surface area contributed by atoms with Gasteiger partial charge in [0.05, 0.1) is 31.9 Å². The van der Waals surface area contributed by atoms with Crippen LogP contribution in [0.1, 0.15) is 25.0 Å². The van der Waals surface area contributed by atoms with Crippen LogP contribution < -0.4 is 0 Å². The van der Waals surface area contributed by atoms with Crippen molar-refractivity contribution in [1.82, 2.24) is 15.0 Å². The molecule has 0 aliphatic carbocycles. The van der Waals surface area contributed by atoms with E-state index in [-0.39, 0.29) is 5.28 Å². The second-order valence-corrected chi connectivity index (χ2v) is 7.32. The Morgan fingerprint density at radius 1 is 1.18 bits per heavy atom. The molecule has 0 bridgehead atoms. The Morgan fingerprint density at radius 2 is 1.91 bits per heavy atom. The molecule has 0 aliphatic heterocycles. The third-order valence-electron chi connectivity index (χ3n) is 3.40. The summed E-state index contributed by atoms with van der Waals surface area (Å²) in [7, 11) is 0. The van der Waals surface area contributed by atoms with E-state index in [9.17, 15) is 5.11 Å². The van der Waals surface area contributed by atoms with Gasteiger partial charge in [-0.25, -0.2) is 9.97 Å². The molecule has 0 aromatic carbocycles. The second-order valence-electron chi connectivity index (χ2n) is 5.52. The predicted octanol–water partition coefficient (Wildman–Crippen LogP) is 4.60. The number of thiophene rings is 1. The monoisotopic (exact) mass is 353 g/mol. The van der Waals surface area contributed by atoms with E-state index < -0.39 is 5.60 Å². The zero-order valence-electron chi connectivity index (χ0n) is 12.2. The molecule has 4 nitrogen and oxygen atoms in total. The Hall–Kier alpha value is -1.27. The molecule has 1 N–H and O–H groups in total. The smallest absolute Gasteiger partial charge is 0.223 e. The summed E-state index contributed by atoms with van der Waals surface area (Å²) >= 11 is 13.6. The van der Waals surface area contributed by atoms with Gasteiger partial charge in [0, 0.05) is 11.8 Å². The number of nitrogens with zero attached hydrogens (tertiary/aromatic N) is 3. The van der Waals surface area contributed by atoms with Crippen LogP contribution in [0.3, 0.4) is 0 Å². The van der Waals surface area contributed by atoms with Crippen molar-refractivity contribution in [3.8, 4) is 10.6 Å². The number of aromatic nitrogens is 3. The summed E-state index contributed by atoms with van der Waals surface area (Å²) in [6, 6.07) is 1.94. The van der Waals surface area contributed by atoms with E-state index in [0.717, 1.165) is 26.2 Å². The lowest BCUT2D eigenvalue weighted by Gasteiger charge is -2.16. The van der Waals surface area contributed by atoms with Crippen LogP contribution in [0.25, 0.3) is 20.8 Å². The lowest BCUT2D eigenvalue weighted by Crippen LogP contribution is -2.15. The highest BCUT2D eigenvalue weighted by molar-refractivity contribution is 7.22. The summed E-state index contributed by atoms with van der Waals surface area (Å²) in [5.41, 5.74) is 2.29. The van der Waals surface area contributed by atoms with Crippen molar-refractivity contribution in [3.63, 3.8) is 0 Å². The summed E-state index contributed by atoms with van der Waals surface area (Å²) in [4.78, 5) is 13.5. The number of rotatable bonds is 2. The molecular weight excluding hydrogens is 341 g/mol. The lowest BCUT2D eigenvalue weighted by atomic mass is 10.0. The molecule has 3 aromatic heterocycles. The van der Waals surface area contributed by atoms with Gasteiger partial charge < -0.3 is 5.11 Å². The SMILES string of the molecule is Cc1c(-c2nc(Cl)ncc2Cl)sc2cc(C(C)(C)O)cnc12. The zero-order valence-corrected chi connectivity index (χ0v) is 14.5. The van der Waals surface area contributed by atoms with Crippen molar-refractivity contribution >= 4 is 44.8 Å². The molecule has 7 heteroatoms. The normalized spacial score (nSPS) is 12.1. The molecular formula is C15H13Cl2N3OS. The summed E-state index contributed by atoms with van der Waals surface area (Å²) < 4.78 is 0.970. The third kappa shape index (κ3) is 2.70. The molecule has 0 atom stereocenters. The van der Waals surface area contributed by atoms with E-state index >= 15 is 0 Å². The average Bonchev–Trinajstić information content (AvgIpc) is 2.77. The topological polar surface area (TPSA) is 58.9 Å². The molecule has 0 amide bonds. The molecule has 114 valence electrons. The van der Waals surface area contributed by atoms with Crippen molar-refractivity contribution in [2.45, 2.75) is 26.4 Å². The fourth-order valence-corrected chi connectivity index (χ4v) is 3.75. The Bertz CT molecular complexity index is 871. The van der Waals surface area contributed by atoms with Crippen LogP contribution >= 0.6 is 34.5 Å². The van der Waals surface area contributed by atoms with Gasteiger partial charge in [-0.2, -0.15) is 0 Å². The molecule has 0 fully saturated rings. The summed E-state index contributed by atoms with van der Waals surface area (Å²) in [5, 5.41) is 10.7. The van der Waals surface area contributed by atoms with Crippen LogP contribution in [0.15, 0.2) is 18.5 Å². The van der Waals surface area contributed by atoms with Gasteiger partial charge in [-0.1, -0.05) is 11.6 Å². The Morgan fingerprint density at radius 3 is 2.59 bits per heavy atom. The van der Waals surface area contributed by atoms with Crippen LogP contribution in [0.5, 0.6) is 0 Å². The fourth-order valence-electron chi connectivity index (χ4n) is 2.16. The lowest BCUT2D eigenvalue weighted by molar-refractivity contribution is 0.0784. The molecule has 0 spiro atoms. The molecule has 3 rings (SSSR count). The standard InChI is InChI=1S/C15H13Cl2N3OS/c1-7-11-10(4-8(5-18-11)15(2,3)21)22-13(7)12-9(16)6-19-14(17)20-12/h4-6,21H,1-3H3. The van der Waals surface area contributed by atoms with Crippen LogP contribution in [0.4, 0.5) is 0 Å². The number of hydrogen-bond donors (Lipinski definition) is 1. The van der Waals surface area contributed by atoms with Gasteiger partial charge in [0.25, 0.3) is 0 Å². The second kappa shape index (κ2) is 5.42. The first-order chi connectivity index (χ1) is 10.3. The molecule has 22 heavy (non-hydrogen) atoms. The van der Waals surface area contributed by atoms with Crippen LogP contribution in [0, 0.1) is 6.92 Å². The van der Waals surface area contributed by atoms with Gasteiger partial charge in [-0.15, -0.1) is 11.3 Å². The van der Waals surface area contributed by atoms with Gasteiger partial charge >= 0.3 is 0 Å². The third-order valence-corrected chi connectivity index (χ3v) is 5.09. The maximum Gasteiger partial charge on any atom is 0.223 e. The highest BCUT2D eigenvalue weighted by Crippen LogP contribution is 2.40. The van der Waals surface area contributed by atoms with Crippen LogP contribution in [0.2, 0.25) is 10.3 Å². The summed E-state index contributed by atoms with van der Waals surface area (Å²) in [6.45, 7) is 5.44. The number of fused-ring (bicyclic) bond motifs is 1. The maximum absolute atomic E-state index is 10.1. The van der Waals surface area contributed by atoms with Crippen LogP contribution in [-0.4, -0.2) is 20.1 Å². The first-order valence-corrected chi connectivity index (χ1v) is 8.15. The van der Waals surface area contributed by atoms with E-state index in [1.165, 1.54) is 17.5 Å². The highest BCUT2D eigenvalue weighted by atomic mass is 35.5. The number of halogens is 2. The minimum atomic E-state index is -0.935.